The molecule has 0 unspecified atom stereocenters. The second-order valence-corrected chi connectivity index (χ2v) is 8.13. The maximum Gasteiger partial charge on any atom is 0.325 e. The van der Waals surface area contributed by atoms with E-state index in [4.69, 9.17) is 4.74 Å². The van der Waals surface area contributed by atoms with Gasteiger partial charge in [-0.05, 0) is 30.9 Å². The lowest BCUT2D eigenvalue weighted by Gasteiger charge is -2.37. The number of para-hydroxylation sites is 2. The Balaban J connectivity index is 1.56. The number of anilines is 1. The molecule has 30 heavy (non-hydrogen) atoms. The second kappa shape index (κ2) is 7.62. The first-order valence-corrected chi connectivity index (χ1v) is 10.3. The number of ether oxygens (including phenoxy) is 1. The molecular formula is C21H26N4O5. The summed E-state index contributed by atoms with van der Waals surface area (Å²) in [4.78, 5) is 53.5. The number of carbonyl (C=O) groups excluding carboxylic acids is 4. The van der Waals surface area contributed by atoms with Gasteiger partial charge in [-0.2, -0.15) is 0 Å². The molecule has 5 amide bonds. The number of hydrogen-bond acceptors (Lipinski definition) is 5. The van der Waals surface area contributed by atoms with Crippen molar-refractivity contribution in [2.75, 3.05) is 25.0 Å². The zero-order chi connectivity index (χ0) is 21.5. The normalized spacial score (nSPS) is 28.1. The van der Waals surface area contributed by atoms with Crippen LogP contribution in [0.2, 0.25) is 0 Å². The third-order valence-electron chi connectivity index (χ3n) is 6.41. The van der Waals surface area contributed by atoms with Gasteiger partial charge in [0.15, 0.2) is 6.10 Å². The third-order valence-corrected chi connectivity index (χ3v) is 6.41. The zero-order valence-electron chi connectivity index (χ0n) is 17.1. The predicted octanol–water partition coefficient (Wildman–Crippen LogP) is 1.03. The van der Waals surface area contributed by atoms with Crippen LogP contribution in [0.15, 0.2) is 24.3 Å². The van der Waals surface area contributed by atoms with Crippen molar-refractivity contribution in [1.29, 1.82) is 0 Å². The minimum atomic E-state index is -0.914. The molecule has 0 radical (unpaired) electrons. The first-order chi connectivity index (χ1) is 14.4. The zero-order valence-corrected chi connectivity index (χ0v) is 17.1. The van der Waals surface area contributed by atoms with Gasteiger partial charge >= 0.3 is 6.03 Å². The minimum Gasteiger partial charge on any atom is -0.477 e. The van der Waals surface area contributed by atoms with E-state index in [2.05, 4.69) is 10.6 Å². The highest BCUT2D eigenvalue weighted by Crippen LogP contribution is 2.38. The van der Waals surface area contributed by atoms with Crippen molar-refractivity contribution in [1.82, 2.24) is 15.5 Å². The maximum atomic E-state index is 13.2. The summed E-state index contributed by atoms with van der Waals surface area (Å²) in [5.41, 5.74) is -0.404. The molecule has 1 aromatic carbocycles. The van der Waals surface area contributed by atoms with E-state index in [0.717, 1.165) is 24.2 Å². The van der Waals surface area contributed by atoms with Gasteiger partial charge in [-0.15, -0.1) is 0 Å². The molecule has 1 saturated heterocycles. The molecule has 9 heteroatoms. The summed E-state index contributed by atoms with van der Waals surface area (Å²) < 4.78 is 5.72. The Morgan fingerprint density at radius 2 is 2.03 bits per heavy atom. The summed E-state index contributed by atoms with van der Waals surface area (Å²) in [7, 11) is 1.50. The van der Waals surface area contributed by atoms with Gasteiger partial charge < -0.3 is 20.3 Å². The van der Waals surface area contributed by atoms with E-state index in [1.807, 2.05) is 6.92 Å². The Labute approximate surface area is 174 Å². The summed E-state index contributed by atoms with van der Waals surface area (Å²) in [5, 5.41) is 5.39. The van der Waals surface area contributed by atoms with E-state index in [9.17, 15) is 19.2 Å². The van der Waals surface area contributed by atoms with E-state index in [-0.39, 0.29) is 30.8 Å². The summed E-state index contributed by atoms with van der Waals surface area (Å²) in [5.74, 6) is -0.710. The Kier molecular flexibility index (Phi) is 5.13. The molecule has 2 heterocycles. The van der Waals surface area contributed by atoms with E-state index < -0.39 is 23.6 Å². The van der Waals surface area contributed by atoms with E-state index in [1.54, 1.807) is 24.3 Å². The molecule has 0 bridgehead atoms. The molecule has 1 aliphatic carbocycles. The number of rotatable bonds is 3. The molecule has 3 atom stereocenters. The van der Waals surface area contributed by atoms with Gasteiger partial charge in [0.1, 0.15) is 17.8 Å². The molecule has 2 fully saturated rings. The Bertz CT molecular complexity index is 903. The second-order valence-electron chi connectivity index (χ2n) is 8.13. The minimum absolute atomic E-state index is 0.000709. The van der Waals surface area contributed by atoms with Crippen LogP contribution in [0.3, 0.4) is 0 Å². The molecule has 1 saturated carbocycles. The molecule has 3 aliphatic rings. The van der Waals surface area contributed by atoms with Crippen LogP contribution in [0.25, 0.3) is 0 Å². The third kappa shape index (κ3) is 3.18. The van der Waals surface area contributed by atoms with Crippen molar-refractivity contribution < 1.29 is 23.9 Å². The van der Waals surface area contributed by atoms with Crippen molar-refractivity contribution in [3.63, 3.8) is 0 Å². The molecule has 160 valence electrons. The Morgan fingerprint density at radius 1 is 1.27 bits per heavy atom. The smallest absolute Gasteiger partial charge is 0.325 e. The van der Waals surface area contributed by atoms with Gasteiger partial charge in [0, 0.05) is 7.05 Å². The molecule has 2 N–H and O–H groups in total. The summed E-state index contributed by atoms with van der Waals surface area (Å²) in [6, 6.07) is 6.36. The van der Waals surface area contributed by atoms with Crippen LogP contribution in [0.5, 0.6) is 5.75 Å². The lowest BCUT2D eigenvalue weighted by molar-refractivity contribution is -0.137. The van der Waals surface area contributed by atoms with Crippen molar-refractivity contribution in [3.8, 4) is 5.75 Å². The van der Waals surface area contributed by atoms with Crippen molar-refractivity contribution in [2.24, 2.45) is 5.92 Å². The molecule has 2 aliphatic heterocycles. The number of nitrogens with zero attached hydrogens (tertiary/aromatic N) is 2. The quantitative estimate of drug-likeness (QED) is 0.718. The summed E-state index contributed by atoms with van der Waals surface area (Å²) in [6.07, 6.45) is 2.46. The average Bonchev–Trinajstić information content (AvgIpc) is 2.99. The van der Waals surface area contributed by atoms with E-state index in [1.165, 1.54) is 11.9 Å². The number of amides is 5. The molecular weight excluding hydrogens is 388 g/mol. The lowest BCUT2D eigenvalue weighted by Crippen LogP contribution is -2.55. The predicted molar refractivity (Wildman–Crippen MR) is 108 cm³/mol. The van der Waals surface area contributed by atoms with Crippen molar-refractivity contribution in [3.05, 3.63) is 24.3 Å². The fourth-order valence-electron chi connectivity index (χ4n) is 4.63. The fraction of sp³-hybridized carbons (Fsp3) is 0.524. The van der Waals surface area contributed by atoms with Crippen molar-refractivity contribution in [2.45, 2.75) is 44.2 Å². The molecule has 0 aromatic heterocycles. The largest absolute Gasteiger partial charge is 0.477 e. The van der Waals surface area contributed by atoms with Crippen LogP contribution < -0.4 is 20.3 Å². The standard InChI is InChI=1S/C21H26N4O5/c1-13-7-5-6-10-21(13)19(28)25(20(29)23-21)12-17(26)24-11-16(18(27)22-2)30-15-9-4-3-8-14(15)24/h3-4,8-9,13,16H,5-7,10-12H2,1-2H3,(H,22,27)(H,23,29)/t13-,16-,21+/m0/s1. The summed E-state index contributed by atoms with van der Waals surface area (Å²) in [6.45, 7) is 1.59. The topological polar surface area (TPSA) is 108 Å². The maximum absolute atomic E-state index is 13.2. The van der Waals surface area contributed by atoms with Gasteiger partial charge in [-0.1, -0.05) is 31.9 Å². The number of nitrogens with one attached hydrogen (secondary N) is 2. The first kappa shape index (κ1) is 20.2. The van der Waals surface area contributed by atoms with Crippen LogP contribution in [0.1, 0.15) is 32.6 Å². The van der Waals surface area contributed by atoms with Gasteiger partial charge in [-0.25, -0.2) is 4.79 Å². The summed E-state index contributed by atoms with van der Waals surface area (Å²) >= 11 is 0. The highest BCUT2D eigenvalue weighted by atomic mass is 16.5. The van der Waals surface area contributed by atoms with E-state index in [0.29, 0.717) is 17.9 Å². The van der Waals surface area contributed by atoms with Crippen LogP contribution in [-0.4, -0.2) is 60.4 Å². The highest BCUT2D eigenvalue weighted by molar-refractivity contribution is 6.11. The number of urea groups is 1. The average molecular weight is 414 g/mol. The SMILES string of the molecule is CNC(=O)[C@@H]1CN(C(=O)CN2C(=O)N[C@@]3(CCCC[C@@H]3C)C2=O)c2ccccc2O1. The van der Waals surface area contributed by atoms with Crippen molar-refractivity contribution >= 4 is 29.4 Å². The van der Waals surface area contributed by atoms with Gasteiger partial charge in [-0.3, -0.25) is 19.3 Å². The molecule has 1 spiro atoms. The number of carbonyl (C=O) groups is 4. The Hall–Kier alpha value is -3.10. The lowest BCUT2D eigenvalue weighted by atomic mass is 9.73. The van der Waals surface area contributed by atoms with Crippen LogP contribution in [-0.2, 0) is 14.4 Å². The number of fused-ring (bicyclic) bond motifs is 1. The molecule has 4 rings (SSSR count). The first-order valence-electron chi connectivity index (χ1n) is 10.3. The molecule has 1 aromatic rings. The van der Waals surface area contributed by atoms with Crippen LogP contribution in [0.4, 0.5) is 10.5 Å². The van der Waals surface area contributed by atoms with Gasteiger partial charge in [0.05, 0.1) is 12.2 Å². The van der Waals surface area contributed by atoms with Crippen LogP contribution in [0, 0.1) is 5.92 Å². The van der Waals surface area contributed by atoms with Gasteiger partial charge in [0.25, 0.3) is 11.8 Å². The van der Waals surface area contributed by atoms with Gasteiger partial charge in [0.2, 0.25) is 5.91 Å². The van der Waals surface area contributed by atoms with Crippen LogP contribution >= 0.6 is 0 Å². The Morgan fingerprint density at radius 3 is 2.77 bits per heavy atom. The number of imide groups is 1. The monoisotopic (exact) mass is 414 g/mol. The van der Waals surface area contributed by atoms with E-state index >= 15 is 0 Å². The highest BCUT2D eigenvalue weighted by Gasteiger charge is 2.55. The number of benzene rings is 1. The fourth-order valence-corrected chi connectivity index (χ4v) is 4.63. The molecule has 9 nitrogen and oxygen atoms in total. The number of hydrogen-bond donors (Lipinski definition) is 2. The number of likely N-dealkylation sites (N-methyl/N-ethyl adjacent to an activating group) is 1.